The Morgan fingerprint density at radius 1 is 1.07 bits per heavy atom. The second-order valence-corrected chi connectivity index (χ2v) is 10.9. The third-order valence-electron chi connectivity index (χ3n) is 8.84. The average Bonchev–Trinajstić information content (AvgIpc) is 3.30. The van der Waals surface area contributed by atoms with Crippen LogP contribution in [0.4, 0.5) is 10.2 Å². The molecule has 0 saturated heterocycles. The van der Waals surface area contributed by atoms with Crippen LogP contribution in [-0.2, 0) is 16.9 Å². The van der Waals surface area contributed by atoms with Gasteiger partial charge in [0, 0.05) is 6.54 Å². The van der Waals surface area contributed by atoms with E-state index in [0.717, 1.165) is 11.6 Å². The molecule has 1 amide bonds. The molecule has 3 saturated carbocycles. The van der Waals surface area contributed by atoms with Crippen molar-refractivity contribution < 1.29 is 23.8 Å². The monoisotopic (exact) mass is 560 g/mol. The number of nitrogens with one attached hydrogen (secondary N) is 1. The van der Waals surface area contributed by atoms with Crippen LogP contribution in [0.25, 0.3) is 16.9 Å². The lowest BCUT2D eigenvalue weighted by atomic mass is 9.57. The number of amides is 1. The first kappa shape index (κ1) is 26.5. The summed E-state index contributed by atoms with van der Waals surface area (Å²) in [5.41, 5.74) is 6.91. The highest BCUT2D eigenvalue weighted by Gasteiger charge is 2.54. The zero-order valence-corrected chi connectivity index (χ0v) is 22.4. The lowest BCUT2D eigenvalue weighted by Crippen LogP contribution is -2.53. The largest absolute Gasteiger partial charge is 0.496 e. The Hall–Kier alpha value is -4.74. The second-order valence-electron chi connectivity index (χ2n) is 10.9. The first-order chi connectivity index (χ1) is 19.7. The van der Waals surface area contributed by atoms with E-state index < -0.39 is 28.6 Å². The number of rotatable bonds is 7. The van der Waals surface area contributed by atoms with Crippen molar-refractivity contribution in [1.29, 1.82) is 0 Å². The number of nitrogens with zero attached hydrogens (tertiary/aromatic N) is 4. The van der Waals surface area contributed by atoms with E-state index in [-0.39, 0.29) is 29.4 Å². The van der Waals surface area contributed by atoms with Gasteiger partial charge in [0.05, 0.1) is 29.3 Å². The van der Waals surface area contributed by atoms with Gasteiger partial charge >= 0.3 is 11.7 Å². The van der Waals surface area contributed by atoms with Gasteiger partial charge in [0.2, 0.25) is 0 Å². The van der Waals surface area contributed by atoms with Crippen LogP contribution in [0, 0.1) is 11.2 Å². The molecule has 212 valence electrons. The number of aliphatic carboxylic acids is 1. The fourth-order valence-corrected chi connectivity index (χ4v) is 6.43. The molecule has 2 heterocycles. The van der Waals surface area contributed by atoms with Gasteiger partial charge in [-0.25, -0.2) is 19.2 Å². The van der Waals surface area contributed by atoms with Gasteiger partial charge in [0.15, 0.2) is 11.5 Å². The average molecular weight is 561 g/mol. The minimum Gasteiger partial charge on any atom is -0.496 e. The number of ether oxygens (including phenoxy) is 1. The summed E-state index contributed by atoms with van der Waals surface area (Å²) in [6, 6.07) is 10.8. The molecule has 0 aliphatic heterocycles. The number of nitrogen functional groups attached to an aromatic ring is 1. The first-order valence-corrected chi connectivity index (χ1v) is 13.4. The summed E-state index contributed by atoms with van der Waals surface area (Å²) in [6.07, 6.45) is 4.55. The topological polar surface area (TPSA) is 154 Å². The molecule has 2 aromatic heterocycles. The summed E-state index contributed by atoms with van der Waals surface area (Å²) in [4.78, 5) is 47.3. The summed E-state index contributed by atoms with van der Waals surface area (Å²) < 4.78 is 22.1. The van der Waals surface area contributed by atoms with Crippen molar-refractivity contribution in [3.63, 3.8) is 0 Å². The van der Waals surface area contributed by atoms with E-state index in [0.29, 0.717) is 55.4 Å². The molecule has 11 nitrogen and oxygen atoms in total. The fourth-order valence-electron chi connectivity index (χ4n) is 6.43. The van der Waals surface area contributed by atoms with Gasteiger partial charge in [-0.2, -0.15) is 0 Å². The fraction of sp³-hybridized carbons (Fsp3) is 0.345. The Bertz CT molecular complexity index is 1720. The van der Waals surface area contributed by atoms with Crippen LogP contribution in [-0.4, -0.2) is 43.2 Å². The van der Waals surface area contributed by atoms with E-state index in [4.69, 9.17) is 10.5 Å². The van der Waals surface area contributed by atoms with Gasteiger partial charge < -0.3 is 20.9 Å². The SMILES string of the molecule is COc1ccc(F)cc1C(=O)NCc1ccc(-n2c(=O)n(C34CCC(C(=O)O)(CC3)CC4)c3ncnc(N)c32)cc1. The van der Waals surface area contributed by atoms with Crippen molar-refractivity contribution in [3.05, 3.63) is 76.2 Å². The number of carboxylic acids is 1. The molecule has 12 heteroatoms. The van der Waals surface area contributed by atoms with Crippen LogP contribution in [0.3, 0.4) is 0 Å². The number of benzene rings is 2. The molecule has 41 heavy (non-hydrogen) atoms. The molecule has 3 fully saturated rings. The quantitative estimate of drug-likeness (QED) is 0.311. The van der Waals surface area contributed by atoms with Crippen LogP contribution in [0.5, 0.6) is 5.75 Å². The van der Waals surface area contributed by atoms with Crippen molar-refractivity contribution >= 4 is 28.9 Å². The summed E-state index contributed by atoms with van der Waals surface area (Å²) >= 11 is 0. The van der Waals surface area contributed by atoms with E-state index in [9.17, 15) is 23.9 Å². The number of halogens is 1. The number of aromatic nitrogens is 4. The van der Waals surface area contributed by atoms with Crippen molar-refractivity contribution in [2.75, 3.05) is 12.8 Å². The number of methoxy groups -OCH3 is 1. The van der Waals surface area contributed by atoms with E-state index in [1.54, 1.807) is 28.8 Å². The highest BCUT2D eigenvalue weighted by Crippen LogP contribution is 2.56. The molecule has 2 bridgehead atoms. The van der Waals surface area contributed by atoms with Crippen LogP contribution in [0.2, 0.25) is 0 Å². The Labute approximate surface area is 233 Å². The summed E-state index contributed by atoms with van der Waals surface area (Å²) in [6.45, 7) is 0.162. The maximum absolute atomic E-state index is 14.1. The molecule has 0 unspecified atom stereocenters. The lowest BCUT2D eigenvalue weighted by molar-refractivity contribution is -0.158. The molecule has 0 spiro atoms. The van der Waals surface area contributed by atoms with Gasteiger partial charge in [-0.05, 0) is 74.4 Å². The number of carbonyl (C=O) groups is 2. The molecule has 0 atom stereocenters. The standard InChI is InChI=1S/C29H29FN6O5/c1-41-21-7-4-18(30)14-20(21)25(37)32-15-17-2-5-19(6-3-17)35-22-23(31)33-16-34-24(22)36(27(35)40)29-11-8-28(9-12-29,10-13-29)26(38)39/h2-7,14,16H,8-13,15H2,1H3,(H,32,37)(H,38,39)(H2,31,33,34). The third kappa shape index (κ3) is 4.21. The van der Waals surface area contributed by atoms with Gasteiger partial charge in [-0.3, -0.25) is 18.7 Å². The highest BCUT2D eigenvalue weighted by atomic mass is 19.1. The van der Waals surface area contributed by atoms with Gasteiger partial charge in [0.25, 0.3) is 5.91 Å². The van der Waals surface area contributed by atoms with Crippen LogP contribution >= 0.6 is 0 Å². The van der Waals surface area contributed by atoms with Crippen molar-refractivity contribution in [2.45, 2.75) is 50.6 Å². The molecule has 2 aromatic carbocycles. The summed E-state index contributed by atoms with van der Waals surface area (Å²) in [5.74, 6) is -1.37. The van der Waals surface area contributed by atoms with Crippen molar-refractivity contribution in [1.82, 2.24) is 24.4 Å². The van der Waals surface area contributed by atoms with E-state index in [1.165, 1.54) is 30.1 Å². The predicted octanol–water partition coefficient (Wildman–Crippen LogP) is 3.38. The first-order valence-electron chi connectivity index (χ1n) is 13.4. The van der Waals surface area contributed by atoms with Crippen molar-refractivity contribution in [2.24, 2.45) is 5.41 Å². The Morgan fingerprint density at radius 3 is 2.39 bits per heavy atom. The zero-order valence-electron chi connectivity index (χ0n) is 22.4. The maximum Gasteiger partial charge on any atom is 0.335 e. The number of carbonyl (C=O) groups excluding carboxylic acids is 1. The number of hydrogen-bond donors (Lipinski definition) is 3. The molecule has 0 radical (unpaired) electrons. The van der Waals surface area contributed by atoms with Gasteiger partial charge in [0.1, 0.15) is 23.4 Å². The minimum atomic E-state index is -0.765. The summed E-state index contributed by atoms with van der Waals surface area (Å²) in [5, 5.41) is 12.6. The molecular formula is C29H29FN6O5. The van der Waals surface area contributed by atoms with Crippen LogP contribution < -0.4 is 21.5 Å². The third-order valence-corrected chi connectivity index (χ3v) is 8.84. The van der Waals surface area contributed by atoms with Crippen LogP contribution in [0.1, 0.15) is 54.4 Å². The Morgan fingerprint density at radius 2 is 1.76 bits per heavy atom. The number of anilines is 1. The number of hydrogen-bond acceptors (Lipinski definition) is 7. The summed E-state index contributed by atoms with van der Waals surface area (Å²) in [7, 11) is 1.41. The normalized spacial score (nSPS) is 21.6. The van der Waals surface area contributed by atoms with Gasteiger partial charge in [-0.1, -0.05) is 12.1 Å². The maximum atomic E-state index is 14.1. The number of carboxylic acid groups (broad SMARTS) is 1. The van der Waals surface area contributed by atoms with E-state index in [1.807, 2.05) is 0 Å². The predicted molar refractivity (Wildman–Crippen MR) is 147 cm³/mol. The lowest BCUT2D eigenvalue weighted by Gasteiger charge is -2.51. The molecule has 4 N–H and O–H groups in total. The van der Waals surface area contributed by atoms with E-state index in [2.05, 4.69) is 15.3 Å². The number of imidazole rings is 1. The van der Waals surface area contributed by atoms with E-state index >= 15 is 0 Å². The smallest absolute Gasteiger partial charge is 0.335 e. The number of fused-ring (bicyclic) bond motifs is 4. The number of nitrogens with two attached hydrogens (primary N) is 1. The van der Waals surface area contributed by atoms with Gasteiger partial charge in [-0.15, -0.1) is 0 Å². The molecule has 4 aromatic rings. The zero-order chi connectivity index (χ0) is 28.9. The van der Waals surface area contributed by atoms with Crippen molar-refractivity contribution in [3.8, 4) is 11.4 Å². The highest BCUT2D eigenvalue weighted by molar-refractivity contribution is 5.96. The van der Waals surface area contributed by atoms with Crippen LogP contribution in [0.15, 0.2) is 53.6 Å². The minimum absolute atomic E-state index is 0.0874. The Balaban J connectivity index is 1.31. The molecule has 7 rings (SSSR count). The molecule has 3 aliphatic carbocycles. The molecule has 3 aliphatic rings. The Kier molecular flexibility index (Phi) is 6.28. The second kappa shape index (κ2) is 9.72. The molecular weight excluding hydrogens is 531 g/mol.